The summed E-state index contributed by atoms with van der Waals surface area (Å²) in [5, 5.41) is 2.69. The fourth-order valence-electron chi connectivity index (χ4n) is 2.21. The molecule has 0 saturated heterocycles. The molecule has 7 heteroatoms. The maximum absolute atomic E-state index is 12.5. The molecule has 0 aliphatic carbocycles. The van der Waals surface area contributed by atoms with E-state index in [-0.39, 0.29) is 12.5 Å². The summed E-state index contributed by atoms with van der Waals surface area (Å²) in [6.07, 6.45) is -1.79. The molecule has 0 aliphatic heterocycles. The van der Waals surface area contributed by atoms with Crippen molar-refractivity contribution in [3.05, 3.63) is 71.3 Å². The molecule has 0 fully saturated rings. The van der Waals surface area contributed by atoms with Crippen LogP contribution in [-0.4, -0.2) is 30.3 Å². The van der Waals surface area contributed by atoms with Gasteiger partial charge in [0.1, 0.15) is 0 Å². The summed E-state index contributed by atoms with van der Waals surface area (Å²) in [7, 11) is 1.47. The van der Waals surface area contributed by atoms with E-state index in [2.05, 4.69) is 5.32 Å². The van der Waals surface area contributed by atoms with Crippen molar-refractivity contribution in [1.82, 2.24) is 4.90 Å². The SMILES string of the molecule is Cc1ccc(NC(=O)CN(C)C(=O)/C=C/c2ccc(C(F)(F)F)cc2)cc1. The Morgan fingerprint density at radius 3 is 2.19 bits per heavy atom. The Balaban J connectivity index is 1.89. The molecule has 0 saturated carbocycles. The Bertz CT molecular complexity index is 826. The molecule has 27 heavy (non-hydrogen) atoms. The van der Waals surface area contributed by atoms with E-state index in [1.165, 1.54) is 36.2 Å². The van der Waals surface area contributed by atoms with Gasteiger partial charge in [-0.3, -0.25) is 9.59 Å². The van der Waals surface area contributed by atoms with Crippen LogP contribution in [0.3, 0.4) is 0 Å². The van der Waals surface area contributed by atoms with Gasteiger partial charge < -0.3 is 10.2 Å². The fraction of sp³-hybridized carbons (Fsp3) is 0.200. The van der Waals surface area contributed by atoms with Crippen LogP contribution in [0.25, 0.3) is 6.08 Å². The van der Waals surface area contributed by atoms with Gasteiger partial charge in [-0.15, -0.1) is 0 Å². The summed E-state index contributed by atoms with van der Waals surface area (Å²) in [5.41, 5.74) is 1.39. The van der Waals surface area contributed by atoms with Crippen molar-refractivity contribution in [3.63, 3.8) is 0 Å². The number of carbonyl (C=O) groups excluding carboxylic acids is 2. The van der Waals surface area contributed by atoms with Crippen LogP contribution in [0, 0.1) is 6.92 Å². The highest BCUT2D eigenvalue weighted by Gasteiger charge is 2.29. The lowest BCUT2D eigenvalue weighted by molar-refractivity contribution is -0.137. The number of halogens is 3. The van der Waals surface area contributed by atoms with Gasteiger partial charge in [-0.25, -0.2) is 0 Å². The van der Waals surface area contributed by atoms with Crippen LogP contribution in [0.2, 0.25) is 0 Å². The van der Waals surface area contributed by atoms with Crippen molar-refractivity contribution in [1.29, 1.82) is 0 Å². The van der Waals surface area contributed by atoms with Gasteiger partial charge in [-0.1, -0.05) is 29.8 Å². The number of likely N-dealkylation sites (N-methyl/N-ethyl adjacent to an activating group) is 1. The second-order valence-corrected chi connectivity index (χ2v) is 6.06. The molecule has 4 nitrogen and oxygen atoms in total. The number of aryl methyl sites for hydroxylation is 1. The van der Waals surface area contributed by atoms with Crippen molar-refractivity contribution in [3.8, 4) is 0 Å². The Morgan fingerprint density at radius 1 is 1.04 bits per heavy atom. The molecule has 2 amide bonds. The Morgan fingerprint density at radius 2 is 1.63 bits per heavy atom. The van der Waals surface area contributed by atoms with E-state index >= 15 is 0 Å². The predicted molar refractivity (Wildman–Crippen MR) is 97.9 cm³/mol. The molecular formula is C20H19F3N2O2. The molecule has 0 bridgehead atoms. The van der Waals surface area contributed by atoms with Gasteiger partial charge in [0.2, 0.25) is 11.8 Å². The van der Waals surface area contributed by atoms with Gasteiger partial charge in [-0.2, -0.15) is 13.2 Å². The summed E-state index contributed by atoms with van der Waals surface area (Å²) in [6, 6.07) is 11.7. The Kier molecular flexibility index (Phi) is 6.39. The minimum atomic E-state index is -4.40. The van der Waals surface area contributed by atoms with Gasteiger partial charge >= 0.3 is 6.18 Å². The highest BCUT2D eigenvalue weighted by Crippen LogP contribution is 2.29. The fourth-order valence-corrected chi connectivity index (χ4v) is 2.21. The van der Waals surface area contributed by atoms with Crippen molar-refractivity contribution in [2.75, 3.05) is 18.9 Å². The van der Waals surface area contributed by atoms with Gasteiger partial charge in [0.25, 0.3) is 0 Å². The van der Waals surface area contributed by atoms with Crippen LogP contribution in [0.1, 0.15) is 16.7 Å². The number of alkyl halides is 3. The second kappa shape index (κ2) is 8.53. The van der Waals surface area contributed by atoms with Crippen LogP contribution in [0.15, 0.2) is 54.6 Å². The van der Waals surface area contributed by atoms with Gasteiger partial charge in [0.15, 0.2) is 0 Å². The number of nitrogens with zero attached hydrogens (tertiary/aromatic N) is 1. The predicted octanol–water partition coefficient (Wildman–Crippen LogP) is 4.12. The first-order valence-corrected chi connectivity index (χ1v) is 8.12. The van der Waals surface area contributed by atoms with Crippen molar-refractivity contribution in [2.24, 2.45) is 0 Å². The molecule has 0 spiro atoms. The van der Waals surface area contributed by atoms with Crippen molar-refractivity contribution < 1.29 is 22.8 Å². The Labute approximate surface area is 155 Å². The lowest BCUT2D eigenvalue weighted by Gasteiger charge is -2.15. The number of hydrogen-bond acceptors (Lipinski definition) is 2. The van der Waals surface area contributed by atoms with E-state index < -0.39 is 17.6 Å². The average molecular weight is 376 g/mol. The first-order valence-electron chi connectivity index (χ1n) is 8.12. The van der Waals surface area contributed by atoms with Gasteiger partial charge in [0.05, 0.1) is 12.1 Å². The number of carbonyl (C=O) groups is 2. The van der Waals surface area contributed by atoms with E-state index in [1.807, 2.05) is 19.1 Å². The number of hydrogen-bond donors (Lipinski definition) is 1. The molecule has 0 aromatic heterocycles. The van der Waals surface area contributed by atoms with Gasteiger partial charge in [0, 0.05) is 18.8 Å². The second-order valence-electron chi connectivity index (χ2n) is 6.06. The maximum Gasteiger partial charge on any atom is 0.416 e. The number of amides is 2. The number of rotatable bonds is 5. The monoisotopic (exact) mass is 376 g/mol. The molecule has 1 N–H and O–H groups in total. The van der Waals surface area contributed by atoms with Crippen LogP contribution >= 0.6 is 0 Å². The lowest BCUT2D eigenvalue weighted by Crippen LogP contribution is -2.33. The zero-order chi connectivity index (χ0) is 20.0. The minimum Gasteiger partial charge on any atom is -0.333 e. The smallest absolute Gasteiger partial charge is 0.333 e. The molecule has 2 rings (SSSR count). The minimum absolute atomic E-state index is 0.149. The zero-order valence-corrected chi connectivity index (χ0v) is 14.9. The average Bonchev–Trinajstić information content (AvgIpc) is 2.61. The van der Waals surface area contributed by atoms with Crippen molar-refractivity contribution >= 4 is 23.6 Å². The third-order valence-corrected chi connectivity index (χ3v) is 3.75. The molecule has 0 heterocycles. The normalized spacial score (nSPS) is 11.4. The third kappa shape index (κ3) is 6.29. The molecule has 142 valence electrons. The third-order valence-electron chi connectivity index (χ3n) is 3.75. The zero-order valence-electron chi connectivity index (χ0n) is 14.9. The van der Waals surface area contributed by atoms with Crippen LogP contribution in [0.5, 0.6) is 0 Å². The molecule has 0 radical (unpaired) electrons. The highest BCUT2D eigenvalue weighted by molar-refractivity contribution is 5.97. The molecule has 2 aromatic carbocycles. The quantitative estimate of drug-likeness (QED) is 0.798. The maximum atomic E-state index is 12.5. The summed E-state index contributed by atoms with van der Waals surface area (Å²) >= 11 is 0. The molecule has 0 unspecified atom stereocenters. The van der Waals surface area contributed by atoms with Gasteiger partial charge in [-0.05, 0) is 42.8 Å². The van der Waals surface area contributed by atoms with Crippen LogP contribution < -0.4 is 5.32 Å². The highest BCUT2D eigenvalue weighted by atomic mass is 19.4. The van der Waals surface area contributed by atoms with Crippen LogP contribution in [-0.2, 0) is 15.8 Å². The topological polar surface area (TPSA) is 49.4 Å². The first-order chi connectivity index (χ1) is 12.6. The number of benzene rings is 2. The molecule has 0 aliphatic rings. The molecule has 0 atom stereocenters. The summed E-state index contributed by atoms with van der Waals surface area (Å²) in [5.74, 6) is -0.786. The molecular weight excluding hydrogens is 357 g/mol. The van der Waals surface area contributed by atoms with Crippen LogP contribution in [0.4, 0.5) is 18.9 Å². The first kappa shape index (κ1) is 20.2. The standard InChI is InChI=1S/C20H19F3N2O2/c1-14-3-10-17(11-4-14)24-18(26)13-25(2)19(27)12-7-15-5-8-16(9-6-15)20(21,22)23/h3-12H,13H2,1-2H3,(H,24,26)/b12-7+. The Hall–Kier alpha value is -3.09. The summed E-state index contributed by atoms with van der Waals surface area (Å²) < 4.78 is 37.6. The molecule has 2 aromatic rings. The van der Waals surface area contributed by atoms with E-state index in [0.29, 0.717) is 11.3 Å². The summed E-state index contributed by atoms with van der Waals surface area (Å²) in [4.78, 5) is 25.2. The lowest BCUT2D eigenvalue weighted by atomic mass is 10.1. The van der Waals surface area contributed by atoms with E-state index in [9.17, 15) is 22.8 Å². The van der Waals surface area contributed by atoms with E-state index in [1.54, 1.807) is 12.1 Å². The van der Waals surface area contributed by atoms with E-state index in [4.69, 9.17) is 0 Å². The van der Waals surface area contributed by atoms with E-state index in [0.717, 1.165) is 17.7 Å². The van der Waals surface area contributed by atoms with Crippen molar-refractivity contribution in [2.45, 2.75) is 13.1 Å². The largest absolute Gasteiger partial charge is 0.416 e. The number of anilines is 1. The number of nitrogens with one attached hydrogen (secondary N) is 1. The summed E-state index contributed by atoms with van der Waals surface area (Å²) in [6.45, 7) is 1.78.